The lowest BCUT2D eigenvalue weighted by molar-refractivity contribution is -0.137. The summed E-state index contributed by atoms with van der Waals surface area (Å²) in [7, 11) is 0. The maximum atomic E-state index is 12.5. The highest BCUT2D eigenvalue weighted by atomic mass is 19.4. The van der Waals surface area contributed by atoms with E-state index in [9.17, 15) is 18.0 Å². The van der Waals surface area contributed by atoms with E-state index in [4.69, 9.17) is 5.73 Å². The van der Waals surface area contributed by atoms with Gasteiger partial charge >= 0.3 is 6.18 Å². The van der Waals surface area contributed by atoms with Gasteiger partial charge in [-0.1, -0.05) is 24.3 Å². The minimum Gasteiger partial charge on any atom is -0.399 e. The Bertz CT molecular complexity index is 1140. The molecule has 2 fully saturated rings. The lowest BCUT2D eigenvalue weighted by Gasteiger charge is -2.23. The first-order chi connectivity index (χ1) is 17.8. The number of aromatic nitrogens is 1. The number of carbonyl (C=O) groups is 1. The average Bonchev–Trinajstić information content (AvgIpc) is 3.45. The number of benzene rings is 2. The third-order valence-corrected chi connectivity index (χ3v) is 6.73. The van der Waals surface area contributed by atoms with Crippen LogP contribution in [0.5, 0.6) is 0 Å². The van der Waals surface area contributed by atoms with Gasteiger partial charge < -0.3 is 21.7 Å². The summed E-state index contributed by atoms with van der Waals surface area (Å²) in [5.74, 6) is 0.625. The zero-order chi connectivity index (χ0) is 26.3. The van der Waals surface area contributed by atoms with E-state index in [0.717, 1.165) is 43.9 Å². The normalized spacial score (nSPS) is 19.5. The van der Waals surface area contributed by atoms with Crippen LogP contribution < -0.4 is 21.7 Å². The van der Waals surface area contributed by atoms with E-state index in [2.05, 4.69) is 33.1 Å². The van der Waals surface area contributed by atoms with Crippen LogP contribution in [0.4, 0.5) is 24.5 Å². The van der Waals surface area contributed by atoms with Crippen molar-refractivity contribution >= 4 is 17.3 Å². The van der Waals surface area contributed by atoms with Crippen LogP contribution in [0.25, 0.3) is 0 Å². The van der Waals surface area contributed by atoms with E-state index >= 15 is 0 Å². The van der Waals surface area contributed by atoms with Gasteiger partial charge in [-0.15, -0.1) is 0 Å². The maximum absolute atomic E-state index is 12.5. The predicted octanol–water partition coefficient (Wildman–Crippen LogP) is 5.17. The number of nitrogens with two attached hydrogens (primary N) is 1. The van der Waals surface area contributed by atoms with Crippen molar-refractivity contribution < 1.29 is 18.0 Å². The molecule has 2 unspecified atom stereocenters. The topological polar surface area (TPSA) is 92.1 Å². The smallest absolute Gasteiger partial charge is 0.399 e. The van der Waals surface area contributed by atoms with Gasteiger partial charge in [-0.2, -0.15) is 13.2 Å². The summed E-state index contributed by atoms with van der Waals surface area (Å²) in [5.41, 5.74) is 8.75. The average molecular weight is 512 g/mol. The number of pyridine rings is 1. The fourth-order valence-corrected chi connectivity index (χ4v) is 4.57. The molecule has 1 amide bonds. The van der Waals surface area contributed by atoms with Crippen molar-refractivity contribution in [2.45, 2.75) is 37.3 Å². The number of anilines is 2. The number of carbonyl (C=O) groups excluding carboxylic acids is 1. The van der Waals surface area contributed by atoms with E-state index in [1.54, 1.807) is 12.1 Å². The molecule has 2 aliphatic rings. The Hall–Kier alpha value is -3.43. The summed E-state index contributed by atoms with van der Waals surface area (Å²) in [6, 6.07) is 17.7. The van der Waals surface area contributed by atoms with Gasteiger partial charge in [0.05, 0.1) is 5.56 Å². The highest BCUT2D eigenvalue weighted by Gasteiger charge is 2.31. The molecule has 2 atom stereocenters. The number of amides is 1. The van der Waals surface area contributed by atoms with Crippen molar-refractivity contribution in [1.82, 2.24) is 15.6 Å². The number of nitrogen functional groups attached to an aromatic ring is 1. The number of alkyl halides is 3. The van der Waals surface area contributed by atoms with Crippen LogP contribution >= 0.6 is 0 Å². The first kappa shape index (κ1) is 26.6. The molecule has 0 radical (unpaired) electrons. The highest BCUT2D eigenvalue weighted by Crippen LogP contribution is 2.28. The largest absolute Gasteiger partial charge is 0.417 e. The monoisotopic (exact) mass is 511 g/mol. The minimum atomic E-state index is -4.47. The van der Waals surface area contributed by atoms with E-state index in [-0.39, 0.29) is 5.69 Å². The number of hydrogen-bond donors (Lipinski definition) is 4. The number of hydrogen-bond acceptors (Lipinski definition) is 5. The standard InChI is InChI=1S/C17H16F3N3O.C11H16N2/c18-17(19,20)13-3-6-15(22-10-13)16(24)23-14-4-1-11(2-5-14)12-7-8-21-9-12;12-11-5-3-9(4-6-11)10-2-1-7-13-8-10/h1-6,10,12,21H,7-9H2,(H,23,24);3-6,10,13H,1-2,7-8,12H2. The van der Waals surface area contributed by atoms with Crippen LogP contribution in [0, 0.1) is 0 Å². The molecule has 0 bridgehead atoms. The molecule has 5 N–H and O–H groups in total. The molecule has 3 aromatic rings. The molecule has 6 nitrogen and oxygen atoms in total. The van der Waals surface area contributed by atoms with E-state index < -0.39 is 17.6 Å². The van der Waals surface area contributed by atoms with Gasteiger partial charge in [0.2, 0.25) is 0 Å². The molecule has 0 saturated carbocycles. The second-order valence-corrected chi connectivity index (χ2v) is 9.41. The Labute approximate surface area is 214 Å². The van der Waals surface area contributed by atoms with Crippen LogP contribution in [0.15, 0.2) is 66.9 Å². The van der Waals surface area contributed by atoms with Crippen LogP contribution in [-0.2, 0) is 6.18 Å². The van der Waals surface area contributed by atoms with Gasteiger partial charge in [-0.05, 0) is 91.7 Å². The van der Waals surface area contributed by atoms with Crippen LogP contribution in [0.2, 0.25) is 0 Å². The molecule has 2 saturated heterocycles. The first-order valence-corrected chi connectivity index (χ1v) is 12.5. The number of halogens is 3. The van der Waals surface area contributed by atoms with Gasteiger partial charge in [0.15, 0.2) is 0 Å². The SMILES string of the molecule is Nc1ccc(C2CCCNC2)cc1.O=C(Nc1ccc(C2CCNC2)cc1)c1ccc(C(F)(F)F)cn1. The molecular formula is C28H32F3N5O. The summed E-state index contributed by atoms with van der Waals surface area (Å²) in [6.45, 7) is 4.24. The zero-order valence-corrected chi connectivity index (χ0v) is 20.5. The third kappa shape index (κ3) is 7.53. The van der Waals surface area contributed by atoms with Gasteiger partial charge in [0, 0.05) is 30.7 Å². The predicted molar refractivity (Wildman–Crippen MR) is 140 cm³/mol. The summed E-state index contributed by atoms with van der Waals surface area (Å²) < 4.78 is 37.5. The third-order valence-electron chi connectivity index (χ3n) is 6.73. The van der Waals surface area contributed by atoms with E-state index in [1.807, 2.05) is 24.3 Å². The summed E-state index contributed by atoms with van der Waals surface area (Å²) in [6.07, 6.45) is -0.134. The number of nitrogens with zero attached hydrogens (tertiary/aromatic N) is 1. The molecule has 0 aliphatic carbocycles. The summed E-state index contributed by atoms with van der Waals surface area (Å²) >= 11 is 0. The second kappa shape index (κ2) is 12.2. The Kier molecular flexibility index (Phi) is 8.78. The quantitative estimate of drug-likeness (QED) is 0.363. The molecular weight excluding hydrogens is 479 g/mol. The minimum absolute atomic E-state index is 0.0629. The fraction of sp³-hybridized carbons (Fsp3) is 0.357. The number of rotatable bonds is 4. The van der Waals surface area contributed by atoms with Crippen molar-refractivity contribution in [2.75, 3.05) is 37.2 Å². The van der Waals surface area contributed by atoms with Crippen LogP contribution in [0.1, 0.15) is 58.3 Å². The lowest BCUT2D eigenvalue weighted by Crippen LogP contribution is -2.28. The Morgan fingerprint density at radius 3 is 2.03 bits per heavy atom. The molecule has 196 valence electrons. The molecule has 5 rings (SSSR count). The van der Waals surface area contributed by atoms with Crippen molar-refractivity contribution in [3.8, 4) is 0 Å². The zero-order valence-electron chi connectivity index (χ0n) is 20.5. The van der Waals surface area contributed by atoms with Crippen molar-refractivity contribution in [1.29, 1.82) is 0 Å². The Morgan fingerprint density at radius 2 is 1.49 bits per heavy atom. The van der Waals surface area contributed by atoms with Gasteiger partial charge in [-0.3, -0.25) is 9.78 Å². The second-order valence-electron chi connectivity index (χ2n) is 9.41. The van der Waals surface area contributed by atoms with Crippen molar-refractivity contribution in [3.05, 3.63) is 89.2 Å². The molecule has 3 heterocycles. The van der Waals surface area contributed by atoms with Gasteiger partial charge in [-0.25, -0.2) is 0 Å². The maximum Gasteiger partial charge on any atom is 0.417 e. The molecule has 2 aromatic carbocycles. The molecule has 0 spiro atoms. The van der Waals surface area contributed by atoms with Gasteiger partial charge in [0.25, 0.3) is 5.91 Å². The molecule has 37 heavy (non-hydrogen) atoms. The first-order valence-electron chi connectivity index (χ1n) is 12.5. The highest BCUT2D eigenvalue weighted by molar-refractivity contribution is 6.02. The molecule has 9 heteroatoms. The Morgan fingerprint density at radius 1 is 0.865 bits per heavy atom. The number of nitrogens with one attached hydrogen (secondary N) is 3. The molecule has 2 aliphatic heterocycles. The molecule has 1 aromatic heterocycles. The summed E-state index contributed by atoms with van der Waals surface area (Å²) in [5, 5.41) is 9.35. The fourth-order valence-electron chi connectivity index (χ4n) is 4.57. The van der Waals surface area contributed by atoms with E-state index in [1.165, 1.54) is 30.5 Å². The number of piperidine rings is 1. The van der Waals surface area contributed by atoms with Crippen LogP contribution in [-0.4, -0.2) is 37.1 Å². The van der Waals surface area contributed by atoms with E-state index in [0.29, 0.717) is 23.7 Å². The van der Waals surface area contributed by atoms with Crippen molar-refractivity contribution in [3.63, 3.8) is 0 Å². The summed E-state index contributed by atoms with van der Waals surface area (Å²) in [4.78, 5) is 15.6. The Balaban J connectivity index is 0.000000207. The lowest BCUT2D eigenvalue weighted by atomic mass is 9.92. The van der Waals surface area contributed by atoms with Crippen molar-refractivity contribution in [2.24, 2.45) is 0 Å². The van der Waals surface area contributed by atoms with Crippen LogP contribution in [0.3, 0.4) is 0 Å². The van der Waals surface area contributed by atoms with Gasteiger partial charge in [0.1, 0.15) is 5.69 Å².